The second-order valence-electron chi connectivity index (χ2n) is 8.32. The van der Waals surface area contributed by atoms with Gasteiger partial charge in [-0.2, -0.15) is 4.72 Å². The maximum atomic E-state index is 12.9. The van der Waals surface area contributed by atoms with Crippen molar-refractivity contribution < 1.29 is 27.4 Å². The molecule has 2 aromatic carbocycles. The third kappa shape index (κ3) is 4.94. The van der Waals surface area contributed by atoms with Crippen molar-refractivity contribution in [2.45, 2.75) is 37.1 Å². The molecule has 1 aliphatic heterocycles. The van der Waals surface area contributed by atoms with Gasteiger partial charge in [0.15, 0.2) is 0 Å². The molecule has 33 heavy (non-hydrogen) atoms. The van der Waals surface area contributed by atoms with Gasteiger partial charge in [-0.3, -0.25) is 0 Å². The average Bonchev–Trinajstić information content (AvgIpc) is 3.12. The van der Waals surface area contributed by atoms with Crippen molar-refractivity contribution in [1.82, 2.24) is 4.72 Å². The van der Waals surface area contributed by atoms with Crippen LogP contribution in [0.2, 0.25) is 0 Å². The number of benzene rings is 2. The fourth-order valence-corrected chi connectivity index (χ4v) is 6.87. The zero-order valence-corrected chi connectivity index (χ0v) is 19.7. The molecule has 0 spiro atoms. The van der Waals surface area contributed by atoms with Gasteiger partial charge in [-0.25, -0.2) is 13.2 Å². The predicted octanol–water partition coefficient (Wildman–Crippen LogP) is 3.19. The Morgan fingerprint density at radius 3 is 2.48 bits per heavy atom. The molecule has 1 N–H and O–H groups in total. The molecule has 3 unspecified atom stereocenters. The highest BCUT2D eigenvalue weighted by molar-refractivity contribution is 7.90. The van der Waals surface area contributed by atoms with E-state index in [2.05, 4.69) is 4.72 Å². The topological polar surface area (TPSA) is 94.2 Å². The molecular weight excluding hydrogens is 444 g/mol. The minimum absolute atomic E-state index is 0.0362. The van der Waals surface area contributed by atoms with Crippen molar-refractivity contribution in [3.63, 3.8) is 0 Å². The first-order valence-electron chi connectivity index (χ1n) is 11.2. The fraction of sp³-hybridized carbons (Fsp3) is 0.458. The number of esters is 1. The first-order chi connectivity index (χ1) is 15.9. The van der Waals surface area contributed by atoms with Crippen LogP contribution >= 0.6 is 0 Å². The molecule has 1 heterocycles. The van der Waals surface area contributed by atoms with Gasteiger partial charge in [-0.05, 0) is 49.2 Å². The molecule has 3 atom stereocenters. The Morgan fingerprint density at radius 1 is 1.03 bits per heavy atom. The maximum absolute atomic E-state index is 12.9. The summed E-state index contributed by atoms with van der Waals surface area (Å²) < 4.78 is 44.8. The molecule has 1 saturated carbocycles. The summed E-state index contributed by atoms with van der Waals surface area (Å²) in [6.07, 6.45) is 3.00. The van der Waals surface area contributed by atoms with E-state index >= 15 is 0 Å². The second kappa shape index (κ2) is 10.0. The number of methoxy groups -OCH3 is 2. The van der Waals surface area contributed by atoms with Crippen molar-refractivity contribution in [3.05, 3.63) is 54.1 Å². The van der Waals surface area contributed by atoms with E-state index in [1.165, 1.54) is 0 Å². The van der Waals surface area contributed by atoms with Crippen LogP contribution in [0.4, 0.5) is 5.69 Å². The maximum Gasteiger partial charge on any atom is 0.338 e. The Hall–Kier alpha value is -2.78. The minimum atomic E-state index is -3.41. The Bertz CT molecular complexity index is 1070. The monoisotopic (exact) mass is 474 g/mol. The third-order valence-electron chi connectivity index (χ3n) is 6.46. The predicted molar refractivity (Wildman–Crippen MR) is 125 cm³/mol. The Balaban J connectivity index is 1.54. The number of para-hydroxylation sites is 2. The van der Waals surface area contributed by atoms with E-state index in [9.17, 15) is 13.2 Å². The van der Waals surface area contributed by atoms with Crippen molar-refractivity contribution in [1.29, 1.82) is 0 Å². The van der Waals surface area contributed by atoms with Crippen molar-refractivity contribution in [2.75, 3.05) is 32.3 Å². The Kier molecular flexibility index (Phi) is 7.09. The molecular formula is C24H30N2O6S. The lowest BCUT2D eigenvalue weighted by Gasteiger charge is -2.36. The van der Waals surface area contributed by atoms with E-state index in [0.29, 0.717) is 30.0 Å². The number of hydrogen-bond acceptors (Lipinski definition) is 7. The largest absolute Gasteiger partial charge is 0.497 e. The molecule has 0 aromatic heterocycles. The number of carbonyl (C=O) groups is 1. The second-order valence-corrected chi connectivity index (χ2v) is 10.3. The van der Waals surface area contributed by atoms with Gasteiger partial charge >= 0.3 is 5.97 Å². The highest BCUT2D eigenvalue weighted by Crippen LogP contribution is 2.40. The molecule has 1 saturated heterocycles. The first kappa shape index (κ1) is 23.4. The summed E-state index contributed by atoms with van der Waals surface area (Å²) in [7, 11) is -0.262. The van der Waals surface area contributed by atoms with Gasteiger partial charge in [0.25, 0.3) is 0 Å². The molecule has 0 radical (unpaired) electrons. The van der Waals surface area contributed by atoms with Gasteiger partial charge in [0.2, 0.25) is 10.0 Å². The van der Waals surface area contributed by atoms with E-state index in [4.69, 9.17) is 14.2 Å². The summed E-state index contributed by atoms with van der Waals surface area (Å²) in [5.74, 6) is 0.813. The number of nitrogens with one attached hydrogen (secondary N) is 1. The van der Waals surface area contributed by atoms with Crippen LogP contribution in [0.5, 0.6) is 11.5 Å². The summed E-state index contributed by atoms with van der Waals surface area (Å²) in [4.78, 5) is 14.5. The molecule has 9 heteroatoms. The van der Waals surface area contributed by atoms with E-state index in [0.717, 1.165) is 24.9 Å². The summed E-state index contributed by atoms with van der Waals surface area (Å²) in [5.41, 5.74) is 1.19. The first-order valence-corrected chi connectivity index (χ1v) is 12.7. The van der Waals surface area contributed by atoms with Crippen molar-refractivity contribution in [2.24, 2.45) is 5.92 Å². The van der Waals surface area contributed by atoms with Crippen LogP contribution in [0, 0.1) is 5.92 Å². The average molecular weight is 475 g/mol. The lowest BCUT2D eigenvalue weighted by molar-refractivity contribution is 0.0511. The van der Waals surface area contributed by atoms with Crippen LogP contribution in [0.25, 0.3) is 0 Å². The van der Waals surface area contributed by atoms with Gasteiger partial charge < -0.3 is 19.1 Å². The highest BCUT2D eigenvalue weighted by Gasteiger charge is 2.50. The molecule has 2 aliphatic rings. The number of ether oxygens (including phenoxy) is 3. The van der Waals surface area contributed by atoms with Gasteiger partial charge in [-0.1, -0.05) is 25.0 Å². The smallest absolute Gasteiger partial charge is 0.338 e. The number of fused-ring (bicyclic) bond motifs is 1. The molecule has 178 valence electrons. The lowest BCUT2D eigenvalue weighted by Crippen LogP contribution is -2.48. The zero-order chi connectivity index (χ0) is 23.4. The molecule has 2 fully saturated rings. The van der Waals surface area contributed by atoms with Crippen LogP contribution in [0.1, 0.15) is 36.0 Å². The van der Waals surface area contributed by atoms with E-state index in [1.807, 2.05) is 29.2 Å². The summed E-state index contributed by atoms with van der Waals surface area (Å²) in [6, 6.07) is 14.2. The van der Waals surface area contributed by atoms with Gasteiger partial charge in [-0.15, -0.1) is 0 Å². The van der Waals surface area contributed by atoms with Gasteiger partial charge in [0.1, 0.15) is 18.1 Å². The standard InChI is InChI=1S/C24H30N2O6S/c1-30-18-13-11-17(12-14-18)24(27)32-16-15-26(20-8-4-5-9-21(20)31-2)23-19-7-3-6-10-22(19)33(28,29)25-23/h4-5,8-9,11-14,19,22-23,25H,3,6-7,10,15-16H2,1-2H3. The van der Waals surface area contributed by atoms with Crippen molar-refractivity contribution in [3.8, 4) is 11.5 Å². The summed E-state index contributed by atoms with van der Waals surface area (Å²) in [6.45, 7) is 0.414. The van der Waals surface area contributed by atoms with Crippen LogP contribution in [-0.4, -0.2) is 53.2 Å². The van der Waals surface area contributed by atoms with Crippen LogP contribution < -0.4 is 19.1 Å². The number of rotatable bonds is 8. The van der Waals surface area contributed by atoms with Gasteiger partial charge in [0, 0.05) is 5.92 Å². The molecule has 2 aromatic rings. The quantitative estimate of drug-likeness (QED) is 0.587. The van der Waals surface area contributed by atoms with Gasteiger partial charge in [0.05, 0.1) is 43.4 Å². The van der Waals surface area contributed by atoms with Crippen LogP contribution in [-0.2, 0) is 14.8 Å². The highest BCUT2D eigenvalue weighted by atomic mass is 32.2. The van der Waals surface area contributed by atoms with Crippen molar-refractivity contribution >= 4 is 21.7 Å². The summed E-state index contributed by atoms with van der Waals surface area (Å²) >= 11 is 0. The number of sulfonamides is 1. The summed E-state index contributed by atoms with van der Waals surface area (Å²) in [5, 5.41) is -0.393. The van der Waals surface area contributed by atoms with Crippen LogP contribution in [0.3, 0.4) is 0 Å². The Labute approximate surface area is 194 Å². The lowest BCUT2D eigenvalue weighted by atomic mass is 9.86. The Morgan fingerprint density at radius 2 is 1.76 bits per heavy atom. The van der Waals surface area contributed by atoms with E-state index < -0.39 is 27.4 Å². The molecule has 0 bridgehead atoms. The third-order valence-corrected chi connectivity index (χ3v) is 8.42. The number of hydrogen-bond donors (Lipinski definition) is 1. The molecule has 4 rings (SSSR count). The minimum Gasteiger partial charge on any atom is -0.497 e. The normalized spacial score (nSPS) is 23.4. The number of carbonyl (C=O) groups excluding carboxylic acids is 1. The fourth-order valence-electron chi connectivity index (χ4n) is 4.83. The van der Waals surface area contributed by atoms with E-state index in [1.54, 1.807) is 38.5 Å². The molecule has 0 amide bonds. The zero-order valence-electron chi connectivity index (χ0n) is 18.9. The van der Waals surface area contributed by atoms with Crippen LogP contribution in [0.15, 0.2) is 48.5 Å². The molecule has 8 nitrogen and oxygen atoms in total. The SMILES string of the molecule is COc1ccc(C(=O)OCCN(c2ccccc2OC)C2NS(=O)(=O)C3CCCCC23)cc1. The van der Waals surface area contributed by atoms with E-state index in [-0.39, 0.29) is 12.5 Å². The number of nitrogens with zero attached hydrogens (tertiary/aromatic N) is 1. The number of anilines is 1. The molecule has 1 aliphatic carbocycles.